The van der Waals surface area contributed by atoms with Crippen molar-refractivity contribution in [2.75, 3.05) is 20.8 Å². The van der Waals surface area contributed by atoms with E-state index < -0.39 is 23.7 Å². The van der Waals surface area contributed by atoms with E-state index in [1.54, 1.807) is 13.0 Å². The number of carbonyl (C=O) groups excluding carboxylic acids is 4. The van der Waals surface area contributed by atoms with Crippen LogP contribution in [0.3, 0.4) is 0 Å². The van der Waals surface area contributed by atoms with Crippen molar-refractivity contribution >= 4 is 35.0 Å². The lowest BCUT2D eigenvalue weighted by Gasteiger charge is -2.04. The van der Waals surface area contributed by atoms with Crippen molar-refractivity contribution in [3.8, 4) is 0 Å². The van der Waals surface area contributed by atoms with Gasteiger partial charge in [0, 0.05) is 4.88 Å². The molecule has 11 heteroatoms. The lowest BCUT2D eigenvalue weighted by atomic mass is 10.3. The predicted octanol–water partition coefficient (Wildman–Crippen LogP) is 0.707. The summed E-state index contributed by atoms with van der Waals surface area (Å²) in [5.41, 5.74) is -0.454. The summed E-state index contributed by atoms with van der Waals surface area (Å²) in [4.78, 5) is 47.9. The molecular weight excluding hydrogens is 366 g/mol. The predicted molar refractivity (Wildman–Crippen MR) is 87.1 cm³/mol. The number of thiophene rings is 1. The number of hydrogen-bond donors (Lipinski definition) is 0. The number of esters is 3. The molecule has 2 aromatic rings. The number of ketones is 1. The SMILES string of the molecule is CCOC(=O)C(=O)c1ccc(Cn2nnc(C(=O)OC)c2C(=O)OC)s1. The molecule has 10 nitrogen and oxygen atoms in total. The summed E-state index contributed by atoms with van der Waals surface area (Å²) in [6.07, 6.45) is 0. The molecule has 2 rings (SSSR count). The second-order valence-corrected chi connectivity index (χ2v) is 5.91. The molecule has 2 heterocycles. The van der Waals surface area contributed by atoms with Gasteiger partial charge < -0.3 is 14.2 Å². The first-order chi connectivity index (χ1) is 12.4. The van der Waals surface area contributed by atoms with Crippen LogP contribution in [0, 0.1) is 0 Å². The van der Waals surface area contributed by atoms with Gasteiger partial charge in [0.1, 0.15) is 0 Å². The van der Waals surface area contributed by atoms with Crippen LogP contribution in [0.25, 0.3) is 0 Å². The van der Waals surface area contributed by atoms with Gasteiger partial charge in [-0.25, -0.2) is 19.1 Å². The summed E-state index contributed by atoms with van der Waals surface area (Å²) in [6.45, 7) is 1.73. The van der Waals surface area contributed by atoms with E-state index in [1.165, 1.54) is 6.07 Å². The molecule has 0 aliphatic carbocycles. The maximum absolute atomic E-state index is 12.0. The van der Waals surface area contributed by atoms with Gasteiger partial charge in [0.25, 0.3) is 5.78 Å². The number of rotatable bonds is 7. The fraction of sp³-hybridized carbons (Fsp3) is 0.333. The summed E-state index contributed by atoms with van der Waals surface area (Å²) in [6, 6.07) is 3.06. The van der Waals surface area contributed by atoms with Crippen molar-refractivity contribution in [1.29, 1.82) is 0 Å². The molecule has 138 valence electrons. The molecule has 0 aromatic carbocycles. The minimum atomic E-state index is -0.940. The Bertz CT molecular complexity index is 855. The molecule has 0 spiro atoms. The van der Waals surface area contributed by atoms with Crippen LogP contribution in [-0.4, -0.2) is 59.5 Å². The topological polar surface area (TPSA) is 127 Å². The Balaban J connectivity index is 2.28. The fourth-order valence-corrected chi connectivity index (χ4v) is 2.90. The van der Waals surface area contributed by atoms with Crippen molar-refractivity contribution < 1.29 is 33.4 Å². The van der Waals surface area contributed by atoms with Gasteiger partial charge in [-0.3, -0.25) is 4.79 Å². The first kappa shape index (κ1) is 19.2. The van der Waals surface area contributed by atoms with Crippen LogP contribution in [0.15, 0.2) is 12.1 Å². The van der Waals surface area contributed by atoms with Crippen molar-refractivity contribution in [2.24, 2.45) is 0 Å². The maximum Gasteiger partial charge on any atom is 0.380 e. The molecule has 0 amide bonds. The molecule has 0 saturated heterocycles. The molecule has 0 fully saturated rings. The number of methoxy groups -OCH3 is 2. The second-order valence-electron chi connectivity index (χ2n) is 4.74. The maximum atomic E-state index is 12.0. The van der Waals surface area contributed by atoms with Crippen LogP contribution in [0.5, 0.6) is 0 Å². The Kier molecular flexibility index (Phi) is 6.17. The minimum absolute atomic E-state index is 0.0369. The highest BCUT2D eigenvalue weighted by atomic mass is 32.1. The number of ether oxygens (including phenoxy) is 3. The third-order valence-corrected chi connectivity index (χ3v) is 4.21. The van der Waals surface area contributed by atoms with Crippen LogP contribution in [0.1, 0.15) is 42.4 Å². The largest absolute Gasteiger partial charge is 0.464 e. The van der Waals surface area contributed by atoms with E-state index in [1.807, 2.05) is 0 Å². The zero-order chi connectivity index (χ0) is 19.3. The van der Waals surface area contributed by atoms with Gasteiger partial charge in [0.2, 0.25) is 5.69 Å². The van der Waals surface area contributed by atoms with Gasteiger partial charge in [0.15, 0.2) is 5.69 Å². The van der Waals surface area contributed by atoms with Gasteiger partial charge in [-0.15, -0.1) is 16.4 Å². The Morgan fingerprint density at radius 3 is 2.42 bits per heavy atom. The Hall–Kier alpha value is -3.08. The van der Waals surface area contributed by atoms with Gasteiger partial charge >= 0.3 is 17.9 Å². The van der Waals surface area contributed by atoms with Gasteiger partial charge in [-0.05, 0) is 19.1 Å². The van der Waals surface area contributed by atoms with E-state index >= 15 is 0 Å². The van der Waals surface area contributed by atoms with Crippen molar-refractivity contribution in [3.05, 3.63) is 33.3 Å². The van der Waals surface area contributed by atoms with Crippen LogP contribution < -0.4 is 0 Å². The lowest BCUT2D eigenvalue weighted by molar-refractivity contribution is -0.137. The fourth-order valence-electron chi connectivity index (χ4n) is 1.99. The van der Waals surface area contributed by atoms with Crippen LogP contribution in [-0.2, 0) is 25.5 Å². The summed E-state index contributed by atoms with van der Waals surface area (Å²) in [5, 5.41) is 7.41. The smallest absolute Gasteiger partial charge is 0.380 e. The number of Topliss-reactive ketones (excluding diaryl/α,β-unsaturated/α-hetero) is 1. The van der Waals surface area contributed by atoms with E-state index in [0.29, 0.717) is 4.88 Å². The minimum Gasteiger partial charge on any atom is -0.464 e. The average molecular weight is 381 g/mol. The molecule has 0 radical (unpaired) electrons. The normalized spacial score (nSPS) is 10.3. The Morgan fingerprint density at radius 2 is 1.81 bits per heavy atom. The molecule has 0 atom stereocenters. The second kappa shape index (κ2) is 8.34. The number of nitrogens with zero attached hydrogens (tertiary/aromatic N) is 3. The molecule has 2 aromatic heterocycles. The molecule has 0 aliphatic rings. The summed E-state index contributed by atoms with van der Waals surface area (Å²) < 4.78 is 15.0. The van der Waals surface area contributed by atoms with Gasteiger partial charge in [-0.1, -0.05) is 5.21 Å². The Labute approximate surface area is 151 Å². The number of carbonyl (C=O) groups is 4. The molecule has 0 saturated carbocycles. The summed E-state index contributed by atoms with van der Waals surface area (Å²) >= 11 is 1.03. The van der Waals surface area contributed by atoms with Crippen LogP contribution in [0.4, 0.5) is 0 Å². The monoisotopic (exact) mass is 381 g/mol. The molecule has 0 unspecified atom stereocenters. The molecule has 0 N–H and O–H groups in total. The van der Waals surface area contributed by atoms with E-state index in [0.717, 1.165) is 30.2 Å². The number of hydrogen-bond acceptors (Lipinski definition) is 10. The third-order valence-electron chi connectivity index (χ3n) is 3.14. The lowest BCUT2D eigenvalue weighted by Crippen LogP contribution is -2.17. The first-order valence-corrected chi connectivity index (χ1v) is 8.14. The van der Waals surface area contributed by atoms with Crippen LogP contribution >= 0.6 is 11.3 Å². The summed E-state index contributed by atoms with van der Waals surface area (Å²) in [5.74, 6) is -3.34. The Morgan fingerprint density at radius 1 is 1.12 bits per heavy atom. The van der Waals surface area contributed by atoms with Gasteiger partial charge in [0.05, 0.1) is 32.2 Å². The van der Waals surface area contributed by atoms with Crippen molar-refractivity contribution in [2.45, 2.75) is 13.5 Å². The summed E-state index contributed by atoms with van der Waals surface area (Å²) in [7, 11) is 2.30. The van der Waals surface area contributed by atoms with E-state index in [4.69, 9.17) is 0 Å². The van der Waals surface area contributed by atoms with Gasteiger partial charge in [-0.2, -0.15) is 0 Å². The third kappa shape index (κ3) is 3.94. The highest BCUT2D eigenvalue weighted by Gasteiger charge is 2.27. The molecule has 0 aliphatic heterocycles. The number of aromatic nitrogens is 3. The highest BCUT2D eigenvalue weighted by molar-refractivity contribution is 7.14. The quantitative estimate of drug-likeness (QED) is 0.295. The highest BCUT2D eigenvalue weighted by Crippen LogP contribution is 2.20. The molecule has 26 heavy (non-hydrogen) atoms. The van der Waals surface area contributed by atoms with Crippen LogP contribution in [0.2, 0.25) is 0 Å². The zero-order valence-corrected chi connectivity index (χ0v) is 15.0. The van der Waals surface area contributed by atoms with E-state index in [2.05, 4.69) is 24.5 Å². The van der Waals surface area contributed by atoms with E-state index in [-0.39, 0.29) is 29.4 Å². The van der Waals surface area contributed by atoms with E-state index in [9.17, 15) is 19.2 Å². The zero-order valence-electron chi connectivity index (χ0n) is 14.2. The molecular formula is C15H15N3O7S. The van der Waals surface area contributed by atoms with Crippen molar-refractivity contribution in [1.82, 2.24) is 15.0 Å². The first-order valence-electron chi connectivity index (χ1n) is 7.33. The standard InChI is InChI=1S/C15H15N3O7S/c1-4-25-15(22)12(19)9-6-5-8(26-9)7-18-11(14(21)24-3)10(16-17-18)13(20)23-2/h5-6H,4,7H2,1-3H3. The average Bonchev–Trinajstić information content (AvgIpc) is 3.27. The molecule has 0 bridgehead atoms. The van der Waals surface area contributed by atoms with Crippen molar-refractivity contribution in [3.63, 3.8) is 0 Å².